The number of benzene rings is 7. The number of para-hydroxylation sites is 1. The highest BCUT2D eigenvalue weighted by Gasteiger charge is 2.38. The van der Waals surface area contributed by atoms with Gasteiger partial charge in [0, 0.05) is 37.6 Å². The average Bonchev–Trinajstić information content (AvgIpc) is 3.73. The smallest absolute Gasteiger partial charge is 0.0640 e. The minimum Gasteiger partial charge on any atom is -0.308 e. The SMILES string of the molecule is CC1(C)c2ccccc2-c2ccc(N(c3ccccc3-c3cccc4c3-c3ccccc3C4(C)C)c3cccc4c3sc3ccccc34)cc21. The first-order valence-electron chi connectivity index (χ1n) is 17.6. The summed E-state index contributed by atoms with van der Waals surface area (Å²) in [7, 11) is 0. The summed E-state index contributed by atoms with van der Waals surface area (Å²) < 4.78 is 2.62. The topological polar surface area (TPSA) is 3.24 Å². The van der Waals surface area contributed by atoms with E-state index in [1.807, 2.05) is 11.3 Å². The van der Waals surface area contributed by atoms with E-state index in [-0.39, 0.29) is 10.8 Å². The summed E-state index contributed by atoms with van der Waals surface area (Å²) in [4.78, 5) is 2.54. The fourth-order valence-corrected chi connectivity index (χ4v) is 10.2. The molecular formula is C48H37NS. The molecule has 0 unspecified atom stereocenters. The number of hydrogen-bond donors (Lipinski definition) is 0. The van der Waals surface area contributed by atoms with Crippen LogP contribution >= 0.6 is 11.3 Å². The zero-order valence-corrected chi connectivity index (χ0v) is 29.6. The zero-order chi connectivity index (χ0) is 33.8. The van der Waals surface area contributed by atoms with Crippen molar-refractivity contribution in [1.29, 1.82) is 0 Å². The van der Waals surface area contributed by atoms with E-state index in [2.05, 4.69) is 184 Å². The molecule has 0 saturated carbocycles. The number of hydrogen-bond acceptors (Lipinski definition) is 2. The Labute approximate surface area is 298 Å². The van der Waals surface area contributed by atoms with E-state index in [0.717, 1.165) is 0 Å². The third-order valence-electron chi connectivity index (χ3n) is 11.5. The summed E-state index contributed by atoms with van der Waals surface area (Å²) >= 11 is 1.89. The van der Waals surface area contributed by atoms with Gasteiger partial charge < -0.3 is 4.90 Å². The fourth-order valence-electron chi connectivity index (χ4n) is 9.02. The van der Waals surface area contributed by atoms with Crippen LogP contribution in [0.5, 0.6) is 0 Å². The van der Waals surface area contributed by atoms with Crippen LogP contribution in [0.25, 0.3) is 53.6 Å². The molecule has 7 aromatic carbocycles. The number of thiophene rings is 1. The van der Waals surface area contributed by atoms with E-state index >= 15 is 0 Å². The van der Waals surface area contributed by atoms with E-state index in [4.69, 9.17) is 0 Å². The number of anilines is 3. The van der Waals surface area contributed by atoms with Crippen molar-refractivity contribution in [2.75, 3.05) is 4.90 Å². The second-order valence-electron chi connectivity index (χ2n) is 14.9. The molecule has 0 fully saturated rings. The van der Waals surface area contributed by atoms with Gasteiger partial charge in [0.1, 0.15) is 0 Å². The first kappa shape index (κ1) is 29.5. The minimum absolute atomic E-state index is 0.0696. The first-order valence-corrected chi connectivity index (χ1v) is 18.4. The molecule has 0 radical (unpaired) electrons. The Morgan fingerprint density at radius 1 is 0.420 bits per heavy atom. The predicted molar refractivity (Wildman–Crippen MR) is 215 cm³/mol. The van der Waals surface area contributed by atoms with Gasteiger partial charge in [-0.1, -0.05) is 149 Å². The van der Waals surface area contributed by atoms with Gasteiger partial charge in [0.2, 0.25) is 0 Å². The van der Waals surface area contributed by atoms with Crippen LogP contribution in [0.3, 0.4) is 0 Å². The number of nitrogens with zero attached hydrogens (tertiary/aromatic N) is 1. The molecule has 1 aromatic heterocycles. The maximum Gasteiger partial charge on any atom is 0.0640 e. The second-order valence-corrected chi connectivity index (χ2v) is 16.0. The van der Waals surface area contributed by atoms with Crippen molar-refractivity contribution in [3.8, 4) is 33.4 Å². The van der Waals surface area contributed by atoms with Crippen molar-refractivity contribution in [2.45, 2.75) is 38.5 Å². The van der Waals surface area contributed by atoms with Crippen LogP contribution in [0.4, 0.5) is 17.1 Å². The molecule has 2 aliphatic carbocycles. The molecule has 0 amide bonds. The number of fused-ring (bicyclic) bond motifs is 9. The van der Waals surface area contributed by atoms with Crippen LogP contribution in [0.15, 0.2) is 152 Å². The van der Waals surface area contributed by atoms with Gasteiger partial charge in [-0.2, -0.15) is 0 Å². The van der Waals surface area contributed by atoms with Crippen molar-refractivity contribution >= 4 is 48.6 Å². The molecular weight excluding hydrogens is 623 g/mol. The number of rotatable bonds is 4. The molecule has 2 heteroatoms. The van der Waals surface area contributed by atoms with Crippen LogP contribution < -0.4 is 4.90 Å². The van der Waals surface area contributed by atoms with Crippen LogP contribution in [0.1, 0.15) is 49.9 Å². The summed E-state index contributed by atoms with van der Waals surface area (Å²) in [6.07, 6.45) is 0. The Hall–Kier alpha value is -5.44. The molecule has 1 heterocycles. The van der Waals surface area contributed by atoms with Crippen LogP contribution in [0, 0.1) is 0 Å². The predicted octanol–water partition coefficient (Wildman–Crippen LogP) is 13.8. The van der Waals surface area contributed by atoms with Gasteiger partial charge in [0.25, 0.3) is 0 Å². The summed E-state index contributed by atoms with van der Waals surface area (Å²) in [6.45, 7) is 9.48. The fraction of sp³-hybridized carbons (Fsp3) is 0.125. The molecule has 0 atom stereocenters. The molecule has 0 N–H and O–H groups in total. The van der Waals surface area contributed by atoms with Gasteiger partial charge >= 0.3 is 0 Å². The van der Waals surface area contributed by atoms with Crippen LogP contribution in [0.2, 0.25) is 0 Å². The summed E-state index contributed by atoms with van der Waals surface area (Å²) in [5.74, 6) is 0. The third-order valence-corrected chi connectivity index (χ3v) is 12.7. The molecule has 240 valence electrons. The van der Waals surface area contributed by atoms with E-state index < -0.39 is 0 Å². The zero-order valence-electron chi connectivity index (χ0n) is 28.8. The van der Waals surface area contributed by atoms with Gasteiger partial charge in [-0.05, 0) is 80.4 Å². The molecule has 0 aliphatic heterocycles. The highest BCUT2D eigenvalue weighted by molar-refractivity contribution is 7.26. The second kappa shape index (κ2) is 10.5. The molecule has 8 aromatic rings. The molecule has 0 bridgehead atoms. The molecule has 0 saturated heterocycles. The summed E-state index contributed by atoms with van der Waals surface area (Å²) in [5.41, 5.74) is 16.8. The third kappa shape index (κ3) is 4.00. The van der Waals surface area contributed by atoms with Gasteiger partial charge in [0.15, 0.2) is 0 Å². The van der Waals surface area contributed by atoms with E-state index in [1.54, 1.807) is 0 Å². The minimum atomic E-state index is -0.105. The summed E-state index contributed by atoms with van der Waals surface area (Å²) in [6, 6.07) is 56.7. The van der Waals surface area contributed by atoms with Crippen molar-refractivity contribution in [3.05, 3.63) is 174 Å². The lowest BCUT2D eigenvalue weighted by Gasteiger charge is -2.30. The van der Waals surface area contributed by atoms with Crippen LogP contribution in [-0.2, 0) is 10.8 Å². The van der Waals surface area contributed by atoms with Crippen molar-refractivity contribution in [1.82, 2.24) is 0 Å². The molecule has 1 nitrogen and oxygen atoms in total. The quantitative estimate of drug-likeness (QED) is 0.182. The Kier molecular flexibility index (Phi) is 6.21. The van der Waals surface area contributed by atoms with Gasteiger partial charge in [-0.25, -0.2) is 0 Å². The van der Waals surface area contributed by atoms with Crippen LogP contribution in [-0.4, -0.2) is 0 Å². The molecule has 50 heavy (non-hydrogen) atoms. The van der Waals surface area contributed by atoms with Crippen molar-refractivity contribution in [2.24, 2.45) is 0 Å². The molecule has 0 spiro atoms. The lowest BCUT2D eigenvalue weighted by Crippen LogP contribution is -2.17. The highest BCUT2D eigenvalue weighted by atomic mass is 32.1. The standard InChI is InChI=1S/C48H37NS/c1-47(2)39-22-10-6-18-37(39)45-35(19-13-23-40(45)47)33-16-7-11-24-42(33)49(43-25-14-20-36-34-17-8-12-26-44(34)50-46(36)43)30-27-28-32-31-15-5-9-21-38(31)48(3,4)41(32)29-30/h5-29H,1-4H3. The Morgan fingerprint density at radius 3 is 1.82 bits per heavy atom. The Balaban J connectivity index is 1.26. The maximum absolute atomic E-state index is 2.54. The Morgan fingerprint density at radius 2 is 0.980 bits per heavy atom. The van der Waals surface area contributed by atoms with Gasteiger partial charge in [-0.3, -0.25) is 0 Å². The van der Waals surface area contributed by atoms with Gasteiger partial charge in [-0.15, -0.1) is 11.3 Å². The average molecular weight is 660 g/mol. The normalized spacial score (nSPS) is 14.7. The lowest BCUT2D eigenvalue weighted by atomic mass is 9.82. The summed E-state index contributed by atoms with van der Waals surface area (Å²) in [5, 5.41) is 2.61. The van der Waals surface area contributed by atoms with Gasteiger partial charge in [0.05, 0.1) is 16.1 Å². The highest BCUT2D eigenvalue weighted by Crippen LogP contribution is 2.56. The lowest BCUT2D eigenvalue weighted by molar-refractivity contribution is 0.660. The largest absolute Gasteiger partial charge is 0.308 e. The van der Waals surface area contributed by atoms with E-state index in [0.29, 0.717) is 0 Å². The Bertz CT molecular complexity index is 2670. The van der Waals surface area contributed by atoms with E-state index in [1.165, 1.54) is 92.9 Å². The monoisotopic (exact) mass is 659 g/mol. The first-order chi connectivity index (χ1) is 24.3. The molecule has 2 aliphatic rings. The van der Waals surface area contributed by atoms with E-state index in [9.17, 15) is 0 Å². The maximum atomic E-state index is 2.54. The van der Waals surface area contributed by atoms with Crippen molar-refractivity contribution < 1.29 is 0 Å². The molecule has 10 rings (SSSR count). The van der Waals surface area contributed by atoms with Crippen molar-refractivity contribution in [3.63, 3.8) is 0 Å².